The fraction of sp³-hybridized carbons (Fsp3) is 0.200. The summed E-state index contributed by atoms with van der Waals surface area (Å²) in [6, 6.07) is 6.88. The Morgan fingerprint density at radius 1 is 1.12 bits per heavy atom. The first kappa shape index (κ1) is 22.7. The average Bonchev–Trinajstić information content (AvgIpc) is 3.13. The lowest BCUT2D eigenvalue weighted by molar-refractivity contribution is -0.173. The predicted octanol–water partition coefficient (Wildman–Crippen LogP) is 6.60. The average molecular weight is 580 g/mol. The summed E-state index contributed by atoms with van der Waals surface area (Å²) in [4.78, 5) is 12.6. The van der Waals surface area contributed by atoms with Gasteiger partial charge in [-0.05, 0) is 39.7 Å². The zero-order chi connectivity index (χ0) is 23.2. The summed E-state index contributed by atoms with van der Waals surface area (Å²) in [6.45, 7) is 0. The van der Waals surface area contributed by atoms with E-state index in [1.807, 2.05) is 0 Å². The third kappa shape index (κ3) is 4.51. The SMILES string of the molecule is O=C(Nc1c(F)cc(F)cc1Br)c1cc2n(n1)C(C(F)(F)F)CC(c1ccc(Br)cc1)N2. The number of fused-ring (bicyclic) bond motifs is 1. The van der Waals surface area contributed by atoms with E-state index in [0.29, 0.717) is 16.3 Å². The normalized spacial score (nSPS) is 18.1. The summed E-state index contributed by atoms with van der Waals surface area (Å²) < 4.78 is 70.1. The maximum atomic E-state index is 14.0. The maximum Gasteiger partial charge on any atom is 0.410 e. The van der Waals surface area contributed by atoms with Gasteiger partial charge >= 0.3 is 6.18 Å². The summed E-state index contributed by atoms with van der Waals surface area (Å²) in [7, 11) is 0. The van der Waals surface area contributed by atoms with Gasteiger partial charge in [0.2, 0.25) is 0 Å². The van der Waals surface area contributed by atoms with Gasteiger partial charge in [-0.1, -0.05) is 28.1 Å². The van der Waals surface area contributed by atoms with Crippen LogP contribution in [0.3, 0.4) is 0 Å². The predicted molar refractivity (Wildman–Crippen MR) is 114 cm³/mol. The molecule has 0 radical (unpaired) electrons. The number of carbonyl (C=O) groups is 1. The zero-order valence-corrected chi connectivity index (χ0v) is 19.0. The van der Waals surface area contributed by atoms with Gasteiger partial charge in [0.25, 0.3) is 5.91 Å². The third-order valence-corrected chi connectivity index (χ3v) is 6.09. The molecule has 0 saturated carbocycles. The Balaban J connectivity index is 1.66. The van der Waals surface area contributed by atoms with Crippen LogP contribution in [0.5, 0.6) is 0 Å². The van der Waals surface area contributed by atoms with Crippen LogP contribution in [-0.4, -0.2) is 21.9 Å². The van der Waals surface area contributed by atoms with E-state index < -0.39 is 35.8 Å². The largest absolute Gasteiger partial charge is 0.410 e. The Kier molecular flexibility index (Phi) is 6.01. The van der Waals surface area contributed by atoms with E-state index in [0.717, 1.165) is 16.6 Å². The van der Waals surface area contributed by atoms with Crippen LogP contribution in [0.4, 0.5) is 33.5 Å². The molecule has 2 unspecified atom stereocenters. The lowest BCUT2D eigenvalue weighted by Gasteiger charge is -2.33. The molecule has 168 valence electrons. The molecule has 0 fully saturated rings. The molecule has 0 bridgehead atoms. The Bertz CT molecular complexity index is 1160. The Morgan fingerprint density at radius 3 is 2.44 bits per heavy atom. The smallest absolute Gasteiger partial charge is 0.363 e. The van der Waals surface area contributed by atoms with E-state index in [2.05, 4.69) is 47.6 Å². The van der Waals surface area contributed by atoms with Crippen LogP contribution in [-0.2, 0) is 0 Å². The van der Waals surface area contributed by atoms with Gasteiger partial charge in [0, 0.05) is 27.5 Å². The summed E-state index contributed by atoms with van der Waals surface area (Å²) in [5.74, 6) is -2.85. The number of alkyl halides is 3. The van der Waals surface area contributed by atoms with Gasteiger partial charge in [0.15, 0.2) is 17.6 Å². The minimum absolute atomic E-state index is 0.00436. The second-order valence-electron chi connectivity index (χ2n) is 7.10. The molecule has 2 atom stereocenters. The molecule has 2 aromatic carbocycles. The molecule has 1 aliphatic rings. The van der Waals surface area contributed by atoms with Crippen LogP contribution in [0, 0.1) is 11.6 Å². The molecule has 1 aliphatic heterocycles. The van der Waals surface area contributed by atoms with Crippen LogP contribution in [0.1, 0.15) is 34.6 Å². The Morgan fingerprint density at radius 2 is 1.81 bits per heavy atom. The number of aromatic nitrogens is 2. The number of nitrogens with one attached hydrogen (secondary N) is 2. The van der Waals surface area contributed by atoms with Crippen molar-refractivity contribution in [3.05, 3.63) is 74.3 Å². The van der Waals surface area contributed by atoms with Crippen LogP contribution in [0.25, 0.3) is 0 Å². The minimum atomic E-state index is -4.61. The lowest BCUT2D eigenvalue weighted by atomic mass is 9.97. The molecular weight excluding hydrogens is 567 g/mol. The van der Waals surface area contributed by atoms with Gasteiger partial charge < -0.3 is 10.6 Å². The number of anilines is 2. The molecule has 3 aromatic rings. The second kappa shape index (κ2) is 8.47. The van der Waals surface area contributed by atoms with Crippen molar-refractivity contribution in [1.82, 2.24) is 9.78 Å². The minimum Gasteiger partial charge on any atom is -0.363 e. The molecule has 1 aromatic heterocycles. The van der Waals surface area contributed by atoms with Crippen LogP contribution in [0.15, 0.2) is 51.4 Å². The van der Waals surface area contributed by atoms with E-state index >= 15 is 0 Å². The van der Waals surface area contributed by atoms with Gasteiger partial charge in [0.05, 0.1) is 11.7 Å². The Hall–Kier alpha value is -2.47. The van der Waals surface area contributed by atoms with Gasteiger partial charge in [-0.15, -0.1) is 0 Å². The third-order valence-electron chi connectivity index (χ3n) is 4.94. The fourth-order valence-electron chi connectivity index (χ4n) is 3.44. The van der Waals surface area contributed by atoms with E-state index in [9.17, 15) is 26.7 Å². The fourth-order valence-corrected chi connectivity index (χ4v) is 4.21. The molecule has 12 heteroatoms. The first-order valence-electron chi connectivity index (χ1n) is 9.17. The van der Waals surface area contributed by atoms with Crippen molar-refractivity contribution in [1.29, 1.82) is 0 Å². The van der Waals surface area contributed by atoms with Crippen LogP contribution < -0.4 is 10.6 Å². The molecule has 5 nitrogen and oxygen atoms in total. The van der Waals surface area contributed by atoms with Crippen molar-refractivity contribution >= 4 is 49.3 Å². The standard InChI is InChI=1S/C20H13Br2F5N4O/c21-10-3-1-9(2-4-10)14-7-16(20(25,26)27)31-17(28-14)8-15(30-31)19(32)29-18-12(22)5-11(23)6-13(18)24/h1-6,8,14,16,28H,7H2,(H,29,32). The molecular formula is C20H13Br2F5N4O. The zero-order valence-electron chi connectivity index (χ0n) is 15.9. The molecule has 1 amide bonds. The molecule has 0 spiro atoms. The highest BCUT2D eigenvalue weighted by Gasteiger charge is 2.46. The van der Waals surface area contributed by atoms with Gasteiger partial charge in [0.1, 0.15) is 11.6 Å². The monoisotopic (exact) mass is 578 g/mol. The van der Waals surface area contributed by atoms with E-state index in [1.165, 1.54) is 0 Å². The lowest BCUT2D eigenvalue weighted by Crippen LogP contribution is -2.35. The molecule has 0 saturated heterocycles. The number of halogens is 7. The number of carbonyl (C=O) groups excluding carboxylic acids is 1. The highest BCUT2D eigenvalue weighted by molar-refractivity contribution is 9.10. The summed E-state index contributed by atoms with van der Waals surface area (Å²) in [6.07, 6.45) is -4.95. The second-order valence-corrected chi connectivity index (χ2v) is 8.87. The highest BCUT2D eigenvalue weighted by Crippen LogP contribution is 2.43. The van der Waals surface area contributed by atoms with E-state index in [4.69, 9.17) is 0 Å². The van der Waals surface area contributed by atoms with Crippen LogP contribution in [0.2, 0.25) is 0 Å². The summed E-state index contributed by atoms with van der Waals surface area (Å²) in [5.41, 5.74) is -0.0671. The summed E-state index contributed by atoms with van der Waals surface area (Å²) >= 11 is 6.24. The van der Waals surface area contributed by atoms with Crippen LogP contribution >= 0.6 is 31.9 Å². The van der Waals surface area contributed by atoms with Crippen molar-refractivity contribution in [3.63, 3.8) is 0 Å². The van der Waals surface area contributed by atoms with Gasteiger partial charge in [-0.25, -0.2) is 13.5 Å². The molecule has 2 heterocycles. The van der Waals surface area contributed by atoms with Crippen molar-refractivity contribution < 1.29 is 26.7 Å². The van der Waals surface area contributed by atoms with Crippen molar-refractivity contribution in [2.24, 2.45) is 0 Å². The van der Waals surface area contributed by atoms with Gasteiger partial charge in [-0.2, -0.15) is 18.3 Å². The van der Waals surface area contributed by atoms with Gasteiger partial charge in [-0.3, -0.25) is 4.79 Å². The molecule has 4 rings (SSSR count). The first-order chi connectivity index (χ1) is 15.0. The number of amides is 1. The first-order valence-corrected chi connectivity index (χ1v) is 10.8. The van der Waals surface area contributed by atoms with Crippen molar-refractivity contribution in [2.45, 2.75) is 24.7 Å². The van der Waals surface area contributed by atoms with E-state index in [1.54, 1.807) is 24.3 Å². The van der Waals surface area contributed by atoms with Crippen molar-refractivity contribution in [3.8, 4) is 0 Å². The number of hydrogen-bond donors (Lipinski definition) is 2. The molecule has 2 N–H and O–H groups in total. The number of rotatable bonds is 3. The maximum absolute atomic E-state index is 14.0. The number of hydrogen-bond acceptors (Lipinski definition) is 3. The topological polar surface area (TPSA) is 59.0 Å². The molecule has 0 aliphatic carbocycles. The number of nitrogens with zero attached hydrogens (tertiary/aromatic N) is 2. The van der Waals surface area contributed by atoms with E-state index in [-0.39, 0.29) is 28.1 Å². The summed E-state index contributed by atoms with van der Waals surface area (Å²) in [5, 5.41) is 9.01. The van der Waals surface area contributed by atoms with Crippen molar-refractivity contribution in [2.75, 3.05) is 10.6 Å². The quantitative estimate of drug-likeness (QED) is 0.344. The Labute approximate surface area is 195 Å². The highest BCUT2D eigenvalue weighted by atomic mass is 79.9. The number of benzene rings is 2. The molecule has 32 heavy (non-hydrogen) atoms.